The van der Waals surface area contributed by atoms with Crippen LogP contribution in [-0.2, 0) is 5.41 Å². The zero-order chi connectivity index (χ0) is 14.8. The number of benzene rings is 2. The maximum Gasteiger partial charge on any atom is 0.123 e. The molecule has 2 N–H and O–H groups in total. The van der Waals surface area contributed by atoms with Crippen LogP contribution < -0.4 is 5.73 Å². The highest BCUT2D eigenvalue weighted by atomic mass is 19.1. The Morgan fingerprint density at radius 1 is 0.900 bits per heavy atom. The summed E-state index contributed by atoms with van der Waals surface area (Å²) in [5.41, 5.74) is 9.56. The van der Waals surface area contributed by atoms with Crippen LogP contribution in [0.25, 0.3) is 0 Å². The maximum atomic E-state index is 12.8. The van der Waals surface area contributed by atoms with Crippen molar-refractivity contribution in [2.45, 2.75) is 26.2 Å². The molecule has 0 atom stereocenters. The van der Waals surface area contributed by atoms with Crippen LogP contribution in [0.5, 0.6) is 0 Å². The highest BCUT2D eigenvalue weighted by molar-refractivity contribution is 5.55. The van der Waals surface area contributed by atoms with E-state index in [4.69, 9.17) is 5.73 Å². The first-order chi connectivity index (χ1) is 9.36. The van der Waals surface area contributed by atoms with Crippen molar-refractivity contribution in [3.05, 3.63) is 65.0 Å². The Bertz CT molecular complexity index is 667. The third-order valence-corrected chi connectivity index (χ3v) is 3.06. The second-order valence-electron chi connectivity index (χ2n) is 5.81. The molecule has 0 heterocycles. The molecule has 0 saturated heterocycles. The lowest BCUT2D eigenvalue weighted by Crippen LogP contribution is -2.14. The van der Waals surface area contributed by atoms with Gasteiger partial charge in [0.15, 0.2) is 0 Å². The van der Waals surface area contributed by atoms with Gasteiger partial charge >= 0.3 is 0 Å². The Morgan fingerprint density at radius 3 is 2.05 bits per heavy atom. The molecule has 0 spiro atoms. The lowest BCUT2D eigenvalue weighted by molar-refractivity contribution is 0.592. The molecule has 2 aromatic rings. The SMILES string of the molecule is CC(C)(C)c1cc(C#Cc2ccc(F)cc2)ccc1N. The van der Waals surface area contributed by atoms with E-state index in [-0.39, 0.29) is 11.2 Å². The van der Waals surface area contributed by atoms with Gasteiger partial charge in [0.25, 0.3) is 0 Å². The fourth-order valence-electron chi connectivity index (χ4n) is 1.96. The van der Waals surface area contributed by atoms with Crippen molar-refractivity contribution < 1.29 is 4.39 Å². The summed E-state index contributed by atoms with van der Waals surface area (Å²) >= 11 is 0. The Morgan fingerprint density at radius 2 is 1.45 bits per heavy atom. The van der Waals surface area contributed by atoms with E-state index < -0.39 is 0 Å². The summed E-state index contributed by atoms with van der Waals surface area (Å²) in [5.74, 6) is 5.87. The highest BCUT2D eigenvalue weighted by Gasteiger charge is 2.16. The molecule has 2 aromatic carbocycles. The largest absolute Gasteiger partial charge is 0.398 e. The topological polar surface area (TPSA) is 26.0 Å². The third-order valence-electron chi connectivity index (χ3n) is 3.06. The molecular weight excluding hydrogens is 249 g/mol. The Labute approximate surface area is 119 Å². The third kappa shape index (κ3) is 3.39. The maximum absolute atomic E-state index is 12.8. The number of hydrogen-bond donors (Lipinski definition) is 1. The molecule has 2 heteroatoms. The van der Waals surface area contributed by atoms with Crippen LogP contribution in [0.15, 0.2) is 42.5 Å². The molecule has 0 aliphatic heterocycles. The Balaban J connectivity index is 2.34. The van der Waals surface area contributed by atoms with Crippen molar-refractivity contribution in [2.75, 3.05) is 5.73 Å². The van der Waals surface area contributed by atoms with Gasteiger partial charge in [-0.25, -0.2) is 4.39 Å². The molecule has 0 fully saturated rings. The number of nitrogen functional groups attached to an aromatic ring is 1. The number of nitrogens with two attached hydrogens (primary N) is 1. The normalized spacial score (nSPS) is 10.8. The smallest absolute Gasteiger partial charge is 0.123 e. The zero-order valence-corrected chi connectivity index (χ0v) is 12.0. The van der Waals surface area contributed by atoms with Crippen LogP contribution in [-0.4, -0.2) is 0 Å². The molecular formula is C18H18FN. The number of rotatable bonds is 0. The number of anilines is 1. The highest BCUT2D eigenvalue weighted by Crippen LogP contribution is 2.28. The molecule has 0 aliphatic carbocycles. The summed E-state index contributed by atoms with van der Waals surface area (Å²) in [6.07, 6.45) is 0. The quantitative estimate of drug-likeness (QED) is 0.564. The van der Waals surface area contributed by atoms with Gasteiger partial charge in [-0.1, -0.05) is 32.6 Å². The van der Waals surface area contributed by atoms with Crippen LogP contribution in [0.2, 0.25) is 0 Å². The minimum absolute atomic E-state index is 0.0162. The summed E-state index contributed by atoms with van der Waals surface area (Å²) in [5, 5.41) is 0. The predicted molar refractivity (Wildman–Crippen MR) is 81.9 cm³/mol. The predicted octanol–water partition coefficient (Wildman–Crippen LogP) is 4.11. The van der Waals surface area contributed by atoms with E-state index in [1.807, 2.05) is 18.2 Å². The molecule has 1 nitrogen and oxygen atoms in total. The second kappa shape index (κ2) is 5.38. The van der Waals surface area contributed by atoms with Crippen LogP contribution in [0, 0.1) is 17.7 Å². The number of halogens is 1. The van der Waals surface area contributed by atoms with Gasteiger partial charge in [0, 0.05) is 16.8 Å². The van der Waals surface area contributed by atoms with Gasteiger partial charge in [0.2, 0.25) is 0 Å². The minimum atomic E-state index is -0.252. The fraction of sp³-hybridized carbons (Fsp3) is 0.222. The molecule has 102 valence electrons. The zero-order valence-electron chi connectivity index (χ0n) is 12.0. The van der Waals surface area contributed by atoms with Gasteiger partial charge in [-0.05, 0) is 53.4 Å². The van der Waals surface area contributed by atoms with Gasteiger partial charge in [0.1, 0.15) is 5.82 Å². The Hall–Kier alpha value is -2.27. The lowest BCUT2D eigenvalue weighted by Gasteiger charge is -2.21. The van der Waals surface area contributed by atoms with Crippen LogP contribution >= 0.6 is 0 Å². The van der Waals surface area contributed by atoms with Crippen molar-refractivity contribution in [3.63, 3.8) is 0 Å². The molecule has 0 bridgehead atoms. The van der Waals surface area contributed by atoms with E-state index in [0.29, 0.717) is 0 Å². The van der Waals surface area contributed by atoms with E-state index in [2.05, 4.69) is 32.6 Å². The van der Waals surface area contributed by atoms with Crippen LogP contribution in [0.1, 0.15) is 37.5 Å². The molecule has 0 aliphatic rings. The Kier molecular flexibility index (Phi) is 3.81. The van der Waals surface area contributed by atoms with E-state index in [1.165, 1.54) is 12.1 Å². The van der Waals surface area contributed by atoms with E-state index >= 15 is 0 Å². The monoisotopic (exact) mass is 267 g/mol. The van der Waals surface area contributed by atoms with E-state index in [1.54, 1.807) is 12.1 Å². The molecule has 0 saturated carbocycles. The standard InChI is InChI=1S/C18H18FN/c1-18(2,3)16-12-14(8-11-17(16)20)5-4-13-6-9-15(19)10-7-13/h6-12H,20H2,1-3H3. The first kappa shape index (κ1) is 14.1. The summed E-state index contributed by atoms with van der Waals surface area (Å²) in [7, 11) is 0. The average molecular weight is 267 g/mol. The molecule has 0 aromatic heterocycles. The lowest BCUT2D eigenvalue weighted by atomic mass is 9.85. The molecule has 0 radical (unpaired) electrons. The van der Waals surface area contributed by atoms with Gasteiger partial charge in [-0.2, -0.15) is 0 Å². The van der Waals surface area contributed by atoms with Crippen LogP contribution in [0.4, 0.5) is 10.1 Å². The summed E-state index contributed by atoms with van der Waals surface area (Å²) in [6.45, 7) is 6.36. The first-order valence-corrected chi connectivity index (χ1v) is 6.54. The summed E-state index contributed by atoms with van der Waals surface area (Å²) < 4.78 is 12.8. The van der Waals surface area contributed by atoms with Crippen molar-refractivity contribution in [3.8, 4) is 11.8 Å². The van der Waals surface area contributed by atoms with Crippen molar-refractivity contribution in [2.24, 2.45) is 0 Å². The fourth-order valence-corrected chi connectivity index (χ4v) is 1.96. The number of hydrogen-bond acceptors (Lipinski definition) is 1. The van der Waals surface area contributed by atoms with Crippen LogP contribution in [0.3, 0.4) is 0 Å². The van der Waals surface area contributed by atoms with Crippen molar-refractivity contribution >= 4 is 5.69 Å². The minimum Gasteiger partial charge on any atom is -0.398 e. The molecule has 0 amide bonds. The molecule has 2 rings (SSSR count). The van der Waals surface area contributed by atoms with Gasteiger partial charge in [-0.3, -0.25) is 0 Å². The van der Waals surface area contributed by atoms with Gasteiger partial charge < -0.3 is 5.73 Å². The summed E-state index contributed by atoms with van der Waals surface area (Å²) in [6, 6.07) is 12.0. The van der Waals surface area contributed by atoms with Crippen molar-refractivity contribution in [1.29, 1.82) is 0 Å². The summed E-state index contributed by atoms with van der Waals surface area (Å²) in [4.78, 5) is 0. The van der Waals surface area contributed by atoms with E-state index in [0.717, 1.165) is 22.4 Å². The van der Waals surface area contributed by atoms with Gasteiger partial charge in [0.05, 0.1) is 0 Å². The van der Waals surface area contributed by atoms with E-state index in [9.17, 15) is 4.39 Å². The van der Waals surface area contributed by atoms with Gasteiger partial charge in [-0.15, -0.1) is 0 Å². The molecule has 0 unspecified atom stereocenters. The molecule has 20 heavy (non-hydrogen) atoms. The van der Waals surface area contributed by atoms with Crippen molar-refractivity contribution in [1.82, 2.24) is 0 Å². The first-order valence-electron chi connectivity index (χ1n) is 6.54. The second-order valence-corrected chi connectivity index (χ2v) is 5.81. The average Bonchev–Trinajstić information content (AvgIpc) is 2.38.